The van der Waals surface area contributed by atoms with Crippen molar-refractivity contribution in [2.75, 3.05) is 19.0 Å². The van der Waals surface area contributed by atoms with Crippen molar-refractivity contribution in [2.45, 2.75) is 0 Å². The molecular weight excluding hydrogens is 327 g/mol. The molecule has 126 valence electrons. The Morgan fingerprint density at radius 2 is 1.71 bits per heavy atom. The van der Waals surface area contributed by atoms with Crippen LogP contribution in [0.25, 0.3) is 0 Å². The lowest BCUT2D eigenvalue weighted by molar-refractivity contribution is -0.119. The van der Waals surface area contributed by atoms with Gasteiger partial charge >= 0.3 is 5.97 Å². The molecular formula is C16H12F3NO4. The minimum atomic E-state index is -1.10. The van der Waals surface area contributed by atoms with E-state index in [2.05, 4.69) is 4.74 Å². The van der Waals surface area contributed by atoms with Gasteiger partial charge in [-0.25, -0.2) is 18.0 Å². The van der Waals surface area contributed by atoms with E-state index in [-0.39, 0.29) is 5.75 Å². The number of hydrogen-bond acceptors (Lipinski definition) is 4. The molecule has 2 aromatic carbocycles. The van der Waals surface area contributed by atoms with E-state index >= 15 is 0 Å². The van der Waals surface area contributed by atoms with Crippen LogP contribution in [0.5, 0.6) is 5.75 Å². The number of halogens is 3. The highest BCUT2D eigenvalue weighted by Crippen LogP contribution is 2.19. The number of methoxy groups -OCH3 is 1. The first-order chi connectivity index (χ1) is 11.4. The Morgan fingerprint density at radius 3 is 2.29 bits per heavy atom. The number of carbonyl (C=O) groups excluding carboxylic acids is 2. The van der Waals surface area contributed by atoms with Gasteiger partial charge in [0.15, 0.2) is 6.61 Å². The average Bonchev–Trinajstić information content (AvgIpc) is 2.56. The number of para-hydroxylation sites is 1. The summed E-state index contributed by atoms with van der Waals surface area (Å²) in [6.07, 6.45) is 0. The molecule has 0 aliphatic heterocycles. The lowest BCUT2D eigenvalue weighted by Crippen LogP contribution is -2.22. The van der Waals surface area contributed by atoms with Gasteiger partial charge < -0.3 is 14.8 Å². The van der Waals surface area contributed by atoms with Crippen molar-refractivity contribution < 1.29 is 32.2 Å². The molecule has 0 spiro atoms. The molecule has 0 unspecified atom stereocenters. The van der Waals surface area contributed by atoms with E-state index in [4.69, 9.17) is 4.74 Å². The number of amides is 1. The molecule has 0 heterocycles. The van der Waals surface area contributed by atoms with Crippen LogP contribution in [0.2, 0.25) is 0 Å². The highest BCUT2D eigenvalue weighted by Gasteiger charge is 2.17. The second-order valence-corrected chi connectivity index (χ2v) is 4.57. The fourth-order valence-electron chi connectivity index (χ4n) is 1.79. The van der Waals surface area contributed by atoms with Crippen LogP contribution in [0, 0.1) is 17.5 Å². The smallest absolute Gasteiger partial charge is 0.341 e. The van der Waals surface area contributed by atoms with E-state index < -0.39 is 47.2 Å². The molecule has 8 heteroatoms. The molecule has 1 amide bonds. The van der Waals surface area contributed by atoms with Crippen LogP contribution in [-0.2, 0) is 9.53 Å². The molecule has 0 atom stereocenters. The van der Waals surface area contributed by atoms with Crippen LogP contribution in [0.15, 0.2) is 36.4 Å². The summed E-state index contributed by atoms with van der Waals surface area (Å²) in [6.45, 7) is -0.835. The summed E-state index contributed by atoms with van der Waals surface area (Å²) in [5, 5.41) is 1.94. The molecule has 2 aromatic rings. The highest BCUT2D eigenvalue weighted by molar-refractivity contribution is 5.95. The molecule has 0 aliphatic rings. The van der Waals surface area contributed by atoms with E-state index in [1.165, 1.54) is 13.2 Å². The Balaban J connectivity index is 1.98. The van der Waals surface area contributed by atoms with Gasteiger partial charge in [0, 0.05) is 6.07 Å². The molecule has 2 rings (SSSR count). The summed E-state index contributed by atoms with van der Waals surface area (Å²) in [7, 11) is 1.33. The van der Waals surface area contributed by atoms with Crippen molar-refractivity contribution in [1.29, 1.82) is 0 Å². The Labute approximate surface area is 135 Å². The van der Waals surface area contributed by atoms with Gasteiger partial charge in [-0.15, -0.1) is 0 Å². The fraction of sp³-hybridized carbons (Fsp3) is 0.125. The third kappa shape index (κ3) is 4.03. The van der Waals surface area contributed by atoms with E-state index in [9.17, 15) is 22.8 Å². The summed E-state index contributed by atoms with van der Waals surface area (Å²) in [5.74, 6) is -4.70. The molecule has 5 nitrogen and oxygen atoms in total. The number of esters is 1. The number of rotatable bonds is 5. The van der Waals surface area contributed by atoms with Gasteiger partial charge in [-0.05, 0) is 24.3 Å². The first-order valence-corrected chi connectivity index (χ1v) is 6.67. The van der Waals surface area contributed by atoms with Gasteiger partial charge in [0.25, 0.3) is 5.91 Å². The highest BCUT2D eigenvalue weighted by atomic mass is 19.1. The Hall–Kier alpha value is -3.03. The maximum atomic E-state index is 13.7. The standard InChI is InChI=1S/C16H12F3NO4/c1-23-9-5-6-10(13(19)7-9)16(22)24-8-14(21)20-15-11(17)3-2-4-12(15)18/h2-7H,8H2,1H3,(H,20,21). The minimum Gasteiger partial charge on any atom is -0.497 e. The van der Waals surface area contributed by atoms with Crippen LogP contribution >= 0.6 is 0 Å². The number of anilines is 1. The zero-order valence-corrected chi connectivity index (χ0v) is 12.4. The number of hydrogen-bond donors (Lipinski definition) is 1. The third-order valence-corrected chi connectivity index (χ3v) is 2.96. The van der Waals surface area contributed by atoms with Crippen LogP contribution in [0.1, 0.15) is 10.4 Å². The molecule has 0 fully saturated rings. The number of benzene rings is 2. The Kier molecular flexibility index (Phi) is 5.41. The zero-order chi connectivity index (χ0) is 17.7. The van der Waals surface area contributed by atoms with Gasteiger partial charge in [0.05, 0.1) is 12.7 Å². The van der Waals surface area contributed by atoms with Gasteiger partial charge in [-0.2, -0.15) is 0 Å². The van der Waals surface area contributed by atoms with Gasteiger partial charge in [-0.3, -0.25) is 4.79 Å². The van der Waals surface area contributed by atoms with E-state index in [0.717, 1.165) is 30.3 Å². The summed E-state index contributed by atoms with van der Waals surface area (Å²) < 4.78 is 49.8. The maximum Gasteiger partial charge on any atom is 0.341 e. The lowest BCUT2D eigenvalue weighted by atomic mass is 10.2. The zero-order valence-electron chi connectivity index (χ0n) is 12.4. The average molecular weight is 339 g/mol. The monoisotopic (exact) mass is 339 g/mol. The molecule has 1 N–H and O–H groups in total. The van der Waals surface area contributed by atoms with Crippen LogP contribution in [0.4, 0.5) is 18.9 Å². The van der Waals surface area contributed by atoms with Crippen molar-refractivity contribution in [1.82, 2.24) is 0 Å². The largest absolute Gasteiger partial charge is 0.497 e. The van der Waals surface area contributed by atoms with Gasteiger partial charge in [0.1, 0.15) is 28.9 Å². The van der Waals surface area contributed by atoms with Crippen molar-refractivity contribution in [3.63, 3.8) is 0 Å². The first kappa shape index (κ1) is 17.3. The van der Waals surface area contributed by atoms with Crippen molar-refractivity contribution in [3.05, 3.63) is 59.4 Å². The minimum absolute atomic E-state index is 0.205. The molecule has 0 aliphatic carbocycles. The van der Waals surface area contributed by atoms with Crippen molar-refractivity contribution >= 4 is 17.6 Å². The molecule has 0 radical (unpaired) electrons. The third-order valence-electron chi connectivity index (χ3n) is 2.96. The summed E-state index contributed by atoms with van der Waals surface area (Å²) in [4.78, 5) is 23.3. The molecule has 0 aromatic heterocycles. The molecule has 24 heavy (non-hydrogen) atoms. The molecule has 0 saturated carbocycles. The number of ether oxygens (including phenoxy) is 2. The summed E-state index contributed by atoms with van der Waals surface area (Å²) >= 11 is 0. The van der Waals surface area contributed by atoms with E-state index in [1.807, 2.05) is 5.32 Å². The molecule has 0 bridgehead atoms. The quantitative estimate of drug-likeness (QED) is 0.851. The molecule has 0 saturated heterocycles. The predicted octanol–water partition coefficient (Wildman–Crippen LogP) is 2.91. The SMILES string of the molecule is COc1ccc(C(=O)OCC(=O)Nc2c(F)cccc2F)c(F)c1. The lowest BCUT2D eigenvalue weighted by Gasteiger charge is -2.09. The van der Waals surface area contributed by atoms with Crippen LogP contribution in [0.3, 0.4) is 0 Å². The number of nitrogens with one attached hydrogen (secondary N) is 1. The fourth-order valence-corrected chi connectivity index (χ4v) is 1.79. The Bertz CT molecular complexity index is 760. The predicted molar refractivity (Wildman–Crippen MR) is 78.2 cm³/mol. The van der Waals surface area contributed by atoms with Gasteiger partial charge in [-0.1, -0.05) is 6.07 Å². The Morgan fingerprint density at radius 1 is 1.04 bits per heavy atom. The normalized spacial score (nSPS) is 10.2. The number of carbonyl (C=O) groups is 2. The second-order valence-electron chi connectivity index (χ2n) is 4.57. The van der Waals surface area contributed by atoms with E-state index in [0.29, 0.717) is 0 Å². The van der Waals surface area contributed by atoms with Crippen molar-refractivity contribution in [2.24, 2.45) is 0 Å². The van der Waals surface area contributed by atoms with Crippen LogP contribution < -0.4 is 10.1 Å². The van der Waals surface area contributed by atoms with E-state index in [1.54, 1.807) is 0 Å². The summed E-state index contributed by atoms with van der Waals surface area (Å²) in [6, 6.07) is 6.49. The second kappa shape index (κ2) is 7.49. The maximum absolute atomic E-state index is 13.7. The first-order valence-electron chi connectivity index (χ1n) is 6.67. The topological polar surface area (TPSA) is 64.6 Å². The summed E-state index contributed by atoms with van der Waals surface area (Å²) in [5.41, 5.74) is -1.06. The van der Waals surface area contributed by atoms with Gasteiger partial charge in [0.2, 0.25) is 0 Å². The van der Waals surface area contributed by atoms with Crippen LogP contribution in [-0.4, -0.2) is 25.6 Å². The van der Waals surface area contributed by atoms with Crippen molar-refractivity contribution in [3.8, 4) is 5.75 Å².